The summed E-state index contributed by atoms with van der Waals surface area (Å²) in [6.07, 6.45) is -4.38. The summed E-state index contributed by atoms with van der Waals surface area (Å²) >= 11 is 0. The molecule has 0 unspecified atom stereocenters. The van der Waals surface area contributed by atoms with E-state index in [0.717, 1.165) is 11.0 Å². The Morgan fingerprint density at radius 3 is 2.20 bits per heavy atom. The molecule has 0 heterocycles. The number of hydrogen-bond acceptors (Lipinski definition) is 4. The normalized spacial score (nSPS) is 12.8. The van der Waals surface area contributed by atoms with Gasteiger partial charge in [0.25, 0.3) is 0 Å². The molecule has 1 aromatic carbocycles. The van der Waals surface area contributed by atoms with E-state index in [2.05, 4.69) is 0 Å². The number of sulfonamides is 1. The largest absolute Gasteiger partial charge is 0.405 e. The van der Waals surface area contributed by atoms with E-state index in [9.17, 15) is 21.6 Å². The Morgan fingerprint density at radius 2 is 1.85 bits per heavy atom. The van der Waals surface area contributed by atoms with Crippen molar-refractivity contribution < 1.29 is 21.6 Å². The first-order valence-corrected chi connectivity index (χ1v) is 7.22. The van der Waals surface area contributed by atoms with E-state index < -0.39 is 28.8 Å². The Labute approximate surface area is 115 Å². The minimum absolute atomic E-state index is 0.183. The highest BCUT2D eigenvalue weighted by Crippen LogP contribution is 2.28. The SMILES string of the molecule is CC(C)N(CC(F)(F)F)c1ccc(S(N)(=O)=O)c(N)c1. The average molecular weight is 311 g/mol. The Hall–Kier alpha value is -1.48. The molecule has 4 N–H and O–H groups in total. The quantitative estimate of drug-likeness (QED) is 0.828. The molecule has 0 aliphatic carbocycles. The molecule has 0 saturated carbocycles. The summed E-state index contributed by atoms with van der Waals surface area (Å²) in [5.74, 6) is 0. The molecule has 0 amide bonds. The molecule has 5 nitrogen and oxygen atoms in total. The zero-order valence-electron chi connectivity index (χ0n) is 11.0. The molecule has 0 aliphatic heterocycles. The molecular formula is C11H16F3N3O2S. The van der Waals surface area contributed by atoms with Crippen LogP contribution in [0.4, 0.5) is 24.5 Å². The van der Waals surface area contributed by atoms with Crippen molar-refractivity contribution in [2.24, 2.45) is 5.14 Å². The van der Waals surface area contributed by atoms with Crippen molar-refractivity contribution in [2.75, 3.05) is 17.2 Å². The predicted octanol–water partition coefficient (Wildman–Crippen LogP) is 1.69. The first kappa shape index (κ1) is 16.6. The second-order valence-electron chi connectivity index (χ2n) is 4.60. The summed E-state index contributed by atoms with van der Waals surface area (Å²) in [6, 6.07) is 3.09. The molecule has 0 bridgehead atoms. The van der Waals surface area contributed by atoms with Gasteiger partial charge >= 0.3 is 6.18 Å². The number of rotatable bonds is 4. The van der Waals surface area contributed by atoms with E-state index in [1.807, 2.05) is 0 Å². The van der Waals surface area contributed by atoms with E-state index in [4.69, 9.17) is 10.9 Å². The van der Waals surface area contributed by atoms with Gasteiger partial charge in [-0.05, 0) is 32.0 Å². The minimum Gasteiger partial charge on any atom is -0.398 e. The summed E-state index contributed by atoms with van der Waals surface area (Å²) in [4.78, 5) is 0.764. The maximum absolute atomic E-state index is 12.5. The zero-order valence-corrected chi connectivity index (χ0v) is 11.8. The summed E-state index contributed by atoms with van der Waals surface area (Å²) < 4.78 is 60.0. The topological polar surface area (TPSA) is 89.4 Å². The summed E-state index contributed by atoms with van der Waals surface area (Å²) in [5, 5.41) is 4.94. The molecule has 0 aliphatic rings. The van der Waals surface area contributed by atoms with Crippen LogP contribution >= 0.6 is 0 Å². The van der Waals surface area contributed by atoms with Gasteiger partial charge in [0.2, 0.25) is 10.0 Å². The number of halogens is 3. The lowest BCUT2D eigenvalue weighted by Crippen LogP contribution is -2.39. The Kier molecular flexibility index (Phi) is 4.55. The van der Waals surface area contributed by atoms with E-state index in [-0.39, 0.29) is 16.3 Å². The van der Waals surface area contributed by atoms with Gasteiger partial charge in [-0.25, -0.2) is 13.6 Å². The van der Waals surface area contributed by atoms with Crippen LogP contribution in [-0.2, 0) is 10.0 Å². The number of alkyl halides is 3. The Morgan fingerprint density at radius 1 is 1.30 bits per heavy atom. The van der Waals surface area contributed by atoms with Crippen molar-refractivity contribution in [3.8, 4) is 0 Å². The number of primary sulfonamides is 1. The number of nitrogens with zero attached hydrogens (tertiary/aromatic N) is 1. The van der Waals surface area contributed by atoms with Gasteiger partial charge in [0.15, 0.2) is 0 Å². The van der Waals surface area contributed by atoms with Crippen LogP contribution in [0.25, 0.3) is 0 Å². The highest BCUT2D eigenvalue weighted by molar-refractivity contribution is 7.89. The second kappa shape index (κ2) is 5.49. The number of nitrogen functional groups attached to an aromatic ring is 1. The van der Waals surface area contributed by atoms with Crippen molar-refractivity contribution >= 4 is 21.4 Å². The van der Waals surface area contributed by atoms with Crippen molar-refractivity contribution in [3.63, 3.8) is 0 Å². The first-order chi connectivity index (χ1) is 8.92. The predicted molar refractivity (Wildman–Crippen MR) is 70.8 cm³/mol. The number of anilines is 2. The van der Waals surface area contributed by atoms with Gasteiger partial charge in [-0.1, -0.05) is 0 Å². The lowest BCUT2D eigenvalue weighted by Gasteiger charge is -2.30. The molecule has 1 aromatic rings. The second-order valence-corrected chi connectivity index (χ2v) is 6.13. The highest BCUT2D eigenvalue weighted by atomic mass is 32.2. The summed E-state index contributed by atoms with van der Waals surface area (Å²) in [7, 11) is -4.00. The standard InChI is InChI=1S/C11H16F3N3O2S/c1-7(2)17(6-11(12,13)14)8-3-4-10(9(15)5-8)20(16,18)19/h3-5,7H,6,15H2,1-2H3,(H2,16,18,19). The van der Waals surface area contributed by atoms with Gasteiger partial charge in [0, 0.05) is 11.7 Å². The zero-order chi connectivity index (χ0) is 15.7. The summed E-state index contributed by atoms with van der Waals surface area (Å²) in [5.41, 5.74) is 5.54. The maximum Gasteiger partial charge on any atom is 0.405 e. The third-order valence-electron chi connectivity index (χ3n) is 2.60. The van der Waals surface area contributed by atoms with E-state index in [1.54, 1.807) is 13.8 Å². The number of nitrogens with two attached hydrogens (primary N) is 2. The van der Waals surface area contributed by atoms with Crippen LogP contribution in [-0.4, -0.2) is 27.2 Å². The molecule has 0 spiro atoms. The Balaban J connectivity index is 3.21. The van der Waals surface area contributed by atoms with Crippen LogP contribution in [0.3, 0.4) is 0 Å². The van der Waals surface area contributed by atoms with E-state index >= 15 is 0 Å². The van der Waals surface area contributed by atoms with Gasteiger partial charge in [-0.2, -0.15) is 13.2 Å². The molecular weight excluding hydrogens is 295 g/mol. The minimum atomic E-state index is -4.38. The Bertz CT molecular complexity index is 585. The third kappa shape index (κ3) is 4.27. The maximum atomic E-state index is 12.5. The fourth-order valence-electron chi connectivity index (χ4n) is 1.74. The summed E-state index contributed by atoms with van der Waals surface area (Å²) in [6.45, 7) is 2.03. The molecule has 0 aromatic heterocycles. The van der Waals surface area contributed by atoms with Crippen LogP contribution in [0.2, 0.25) is 0 Å². The van der Waals surface area contributed by atoms with Crippen molar-refractivity contribution in [3.05, 3.63) is 18.2 Å². The van der Waals surface area contributed by atoms with Crippen LogP contribution in [0.1, 0.15) is 13.8 Å². The molecule has 20 heavy (non-hydrogen) atoms. The van der Waals surface area contributed by atoms with E-state index in [0.29, 0.717) is 0 Å². The molecule has 114 valence electrons. The molecule has 0 atom stereocenters. The van der Waals surface area contributed by atoms with Crippen LogP contribution in [0.15, 0.2) is 23.1 Å². The molecule has 1 rings (SSSR count). The lowest BCUT2D eigenvalue weighted by atomic mass is 10.2. The lowest BCUT2D eigenvalue weighted by molar-refractivity contribution is -0.120. The fourth-order valence-corrected chi connectivity index (χ4v) is 2.38. The van der Waals surface area contributed by atoms with Gasteiger partial charge in [0.1, 0.15) is 11.4 Å². The number of benzene rings is 1. The highest BCUT2D eigenvalue weighted by Gasteiger charge is 2.32. The van der Waals surface area contributed by atoms with Gasteiger partial charge in [-0.3, -0.25) is 0 Å². The molecule has 9 heteroatoms. The van der Waals surface area contributed by atoms with Gasteiger partial charge < -0.3 is 10.6 Å². The molecule has 0 radical (unpaired) electrons. The van der Waals surface area contributed by atoms with Crippen molar-refractivity contribution in [1.82, 2.24) is 0 Å². The van der Waals surface area contributed by atoms with Crippen molar-refractivity contribution in [1.29, 1.82) is 0 Å². The van der Waals surface area contributed by atoms with Crippen LogP contribution in [0.5, 0.6) is 0 Å². The van der Waals surface area contributed by atoms with Crippen molar-refractivity contribution in [2.45, 2.75) is 31.0 Å². The fraction of sp³-hybridized carbons (Fsp3) is 0.455. The van der Waals surface area contributed by atoms with Gasteiger partial charge in [-0.15, -0.1) is 0 Å². The number of hydrogen-bond donors (Lipinski definition) is 2. The molecule has 0 fully saturated rings. The van der Waals surface area contributed by atoms with Gasteiger partial charge in [0.05, 0.1) is 5.69 Å². The monoisotopic (exact) mass is 311 g/mol. The van der Waals surface area contributed by atoms with Crippen LogP contribution < -0.4 is 15.8 Å². The van der Waals surface area contributed by atoms with E-state index in [1.165, 1.54) is 12.1 Å². The molecule has 0 saturated heterocycles. The third-order valence-corrected chi connectivity index (χ3v) is 3.59. The average Bonchev–Trinajstić information content (AvgIpc) is 2.22. The smallest absolute Gasteiger partial charge is 0.398 e. The van der Waals surface area contributed by atoms with Crippen LogP contribution in [0, 0.1) is 0 Å². The first-order valence-electron chi connectivity index (χ1n) is 5.67.